The Morgan fingerprint density at radius 2 is 1.86 bits per heavy atom. The lowest BCUT2D eigenvalue weighted by molar-refractivity contribution is 0.0606. The molecule has 1 atom stereocenters. The Balaban J connectivity index is 1.57. The van der Waals surface area contributed by atoms with Crippen LogP contribution in [0.25, 0.3) is 11.1 Å². The molecular weight excluding hydrogens is 348 g/mol. The summed E-state index contributed by atoms with van der Waals surface area (Å²) in [6.07, 6.45) is 4.93. The minimum absolute atomic E-state index is 0.0560. The van der Waals surface area contributed by atoms with Gasteiger partial charge in [0.15, 0.2) is 0 Å². The van der Waals surface area contributed by atoms with Crippen LogP contribution in [0.5, 0.6) is 5.75 Å². The number of ether oxygens (including phenoxy) is 1. The first-order valence-corrected chi connectivity index (χ1v) is 9.72. The zero-order chi connectivity index (χ0) is 19.3. The molecule has 28 heavy (non-hydrogen) atoms. The molecule has 0 N–H and O–H groups in total. The quantitative estimate of drug-likeness (QED) is 0.638. The zero-order valence-corrected chi connectivity index (χ0v) is 16.0. The number of methoxy groups -OCH3 is 1. The largest absolute Gasteiger partial charge is 0.497 e. The van der Waals surface area contributed by atoms with Crippen molar-refractivity contribution >= 4 is 5.91 Å². The fourth-order valence-corrected chi connectivity index (χ4v) is 3.83. The Hall–Kier alpha value is -3.14. The molecule has 4 rings (SSSR count). The van der Waals surface area contributed by atoms with Crippen molar-refractivity contribution in [1.29, 1.82) is 0 Å². The van der Waals surface area contributed by atoms with Crippen molar-refractivity contribution in [1.82, 2.24) is 9.88 Å². The van der Waals surface area contributed by atoms with Gasteiger partial charge in [-0.15, -0.1) is 0 Å². The van der Waals surface area contributed by atoms with Crippen LogP contribution in [-0.2, 0) is 0 Å². The molecule has 0 radical (unpaired) electrons. The van der Waals surface area contributed by atoms with E-state index in [1.165, 1.54) is 0 Å². The van der Waals surface area contributed by atoms with E-state index in [2.05, 4.69) is 4.98 Å². The maximum absolute atomic E-state index is 13.2. The Morgan fingerprint density at radius 1 is 1.00 bits per heavy atom. The molecule has 1 aliphatic heterocycles. The molecule has 3 aromatic rings. The highest BCUT2D eigenvalue weighted by molar-refractivity contribution is 5.95. The number of likely N-dealkylation sites (tertiary alicyclic amines) is 1. The number of aromatic nitrogens is 1. The molecule has 1 saturated heterocycles. The summed E-state index contributed by atoms with van der Waals surface area (Å²) in [6.45, 7) is 0.776. The molecule has 0 unspecified atom stereocenters. The van der Waals surface area contributed by atoms with E-state index in [4.69, 9.17) is 4.74 Å². The zero-order valence-electron chi connectivity index (χ0n) is 16.0. The molecule has 2 aromatic carbocycles. The third-order valence-electron chi connectivity index (χ3n) is 5.33. The van der Waals surface area contributed by atoms with Crippen molar-refractivity contribution in [2.75, 3.05) is 13.7 Å². The number of amides is 1. The van der Waals surface area contributed by atoms with Crippen molar-refractivity contribution in [3.05, 3.63) is 84.2 Å². The van der Waals surface area contributed by atoms with E-state index in [-0.39, 0.29) is 11.9 Å². The molecule has 1 aromatic heterocycles. The van der Waals surface area contributed by atoms with Gasteiger partial charge in [-0.1, -0.05) is 30.3 Å². The van der Waals surface area contributed by atoms with Crippen LogP contribution < -0.4 is 4.74 Å². The van der Waals surface area contributed by atoms with Gasteiger partial charge in [-0.3, -0.25) is 9.78 Å². The van der Waals surface area contributed by atoms with Crippen LogP contribution in [0.3, 0.4) is 0 Å². The van der Waals surface area contributed by atoms with Crippen molar-refractivity contribution < 1.29 is 9.53 Å². The minimum atomic E-state index is 0.0560. The predicted molar refractivity (Wildman–Crippen MR) is 110 cm³/mol. The fraction of sp³-hybridized carbons (Fsp3) is 0.250. The van der Waals surface area contributed by atoms with Gasteiger partial charge in [-0.2, -0.15) is 0 Å². The second kappa shape index (κ2) is 8.26. The van der Waals surface area contributed by atoms with Crippen molar-refractivity contribution in [2.24, 2.45) is 0 Å². The lowest BCUT2D eigenvalue weighted by Gasteiger charge is -2.35. The molecule has 142 valence electrons. The smallest absolute Gasteiger partial charge is 0.254 e. The van der Waals surface area contributed by atoms with E-state index >= 15 is 0 Å². The van der Waals surface area contributed by atoms with Gasteiger partial charge in [0.05, 0.1) is 18.8 Å². The number of pyridine rings is 1. The van der Waals surface area contributed by atoms with Crippen LogP contribution in [0.1, 0.15) is 41.4 Å². The Bertz CT molecular complexity index is 938. The lowest BCUT2D eigenvalue weighted by Crippen LogP contribution is -2.38. The summed E-state index contributed by atoms with van der Waals surface area (Å²) in [5.74, 6) is 0.900. The summed E-state index contributed by atoms with van der Waals surface area (Å²) in [5, 5.41) is 0. The van der Waals surface area contributed by atoms with Crippen LogP contribution in [0.4, 0.5) is 0 Å². The Kier molecular flexibility index (Phi) is 5.38. The van der Waals surface area contributed by atoms with Gasteiger partial charge in [0.2, 0.25) is 0 Å². The van der Waals surface area contributed by atoms with Gasteiger partial charge in [-0.05, 0) is 66.8 Å². The van der Waals surface area contributed by atoms with E-state index in [1.54, 1.807) is 13.3 Å². The molecular formula is C24H24N2O2. The van der Waals surface area contributed by atoms with Crippen LogP contribution in [0, 0.1) is 0 Å². The van der Waals surface area contributed by atoms with E-state index < -0.39 is 0 Å². The first-order valence-electron chi connectivity index (χ1n) is 9.72. The number of hydrogen-bond acceptors (Lipinski definition) is 3. The molecule has 4 nitrogen and oxygen atoms in total. The second-order valence-electron chi connectivity index (χ2n) is 7.07. The number of carbonyl (C=O) groups is 1. The van der Waals surface area contributed by atoms with Crippen LogP contribution in [-0.4, -0.2) is 29.4 Å². The highest BCUT2D eigenvalue weighted by atomic mass is 16.5. The van der Waals surface area contributed by atoms with E-state index in [0.29, 0.717) is 0 Å². The number of benzene rings is 2. The normalized spacial score (nSPS) is 16.6. The molecule has 0 bridgehead atoms. The van der Waals surface area contributed by atoms with Crippen LogP contribution >= 0.6 is 0 Å². The summed E-state index contributed by atoms with van der Waals surface area (Å²) >= 11 is 0. The van der Waals surface area contributed by atoms with Crippen LogP contribution in [0.15, 0.2) is 72.9 Å². The van der Waals surface area contributed by atoms with Crippen molar-refractivity contribution in [3.8, 4) is 16.9 Å². The summed E-state index contributed by atoms with van der Waals surface area (Å²) in [7, 11) is 1.66. The predicted octanol–water partition coefficient (Wildman–Crippen LogP) is 5.12. The van der Waals surface area contributed by atoms with E-state index in [0.717, 1.165) is 53.9 Å². The fourth-order valence-electron chi connectivity index (χ4n) is 3.83. The van der Waals surface area contributed by atoms with Crippen molar-refractivity contribution in [3.63, 3.8) is 0 Å². The monoisotopic (exact) mass is 372 g/mol. The highest BCUT2D eigenvalue weighted by Gasteiger charge is 2.29. The standard InChI is InChI=1S/C24H24N2O2/c1-28-21-8-6-7-20(17-21)18-11-13-19(14-12-18)24(27)26-16-5-3-10-23(26)22-9-2-4-15-25-22/h2,4,6-9,11-15,17,23H,3,5,10,16H2,1H3/t23-/m0/s1. The average molecular weight is 372 g/mol. The summed E-state index contributed by atoms with van der Waals surface area (Å²) in [6, 6.07) is 21.8. The summed E-state index contributed by atoms with van der Waals surface area (Å²) < 4.78 is 5.30. The SMILES string of the molecule is COc1cccc(-c2ccc(C(=O)N3CCCC[C@H]3c3ccccn3)cc2)c1. The molecule has 2 heterocycles. The lowest BCUT2D eigenvalue weighted by atomic mass is 9.97. The summed E-state index contributed by atoms with van der Waals surface area (Å²) in [4.78, 5) is 19.7. The maximum atomic E-state index is 13.2. The maximum Gasteiger partial charge on any atom is 0.254 e. The van der Waals surface area contributed by atoms with Gasteiger partial charge < -0.3 is 9.64 Å². The van der Waals surface area contributed by atoms with Crippen molar-refractivity contribution in [2.45, 2.75) is 25.3 Å². The van der Waals surface area contributed by atoms with Crippen LogP contribution in [0.2, 0.25) is 0 Å². The minimum Gasteiger partial charge on any atom is -0.497 e. The van der Waals surface area contributed by atoms with Gasteiger partial charge >= 0.3 is 0 Å². The Morgan fingerprint density at radius 3 is 2.61 bits per heavy atom. The average Bonchev–Trinajstić information content (AvgIpc) is 2.79. The number of carbonyl (C=O) groups excluding carboxylic acids is 1. The molecule has 1 aliphatic rings. The van der Waals surface area contributed by atoms with E-state index in [9.17, 15) is 4.79 Å². The third-order valence-corrected chi connectivity index (χ3v) is 5.33. The Labute approximate surface area is 165 Å². The first kappa shape index (κ1) is 18.2. The molecule has 0 saturated carbocycles. The highest BCUT2D eigenvalue weighted by Crippen LogP contribution is 2.31. The number of nitrogens with zero attached hydrogens (tertiary/aromatic N) is 2. The molecule has 4 heteroatoms. The number of hydrogen-bond donors (Lipinski definition) is 0. The first-order chi connectivity index (χ1) is 13.8. The molecule has 0 aliphatic carbocycles. The summed E-state index contributed by atoms with van der Waals surface area (Å²) in [5.41, 5.74) is 3.83. The van der Waals surface area contributed by atoms with Gasteiger partial charge in [0.1, 0.15) is 5.75 Å². The van der Waals surface area contributed by atoms with Gasteiger partial charge in [-0.25, -0.2) is 0 Å². The van der Waals surface area contributed by atoms with Gasteiger partial charge in [0.25, 0.3) is 5.91 Å². The molecule has 1 fully saturated rings. The third kappa shape index (κ3) is 3.77. The second-order valence-corrected chi connectivity index (χ2v) is 7.07. The number of rotatable bonds is 4. The molecule has 1 amide bonds. The van der Waals surface area contributed by atoms with Gasteiger partial charge in [0, 0.05) is 18.3 Å². The van der Waals surface area contributed by atoms with E-state index in [1.807, 2.05) is 71.6 Å². The number of piperidine rings is 1. The topological polar surface area (TPSA) is 42.4 Å². The molecule has 0 spiro atoms.